The summed E-state index contributed by atoms with van der Waals surface area (Å²) in [6.07, 6.45) is 1.97. The number of aromatic hydroxyl groups is 1. The third kappa shape index (κ3) is 4.28. The van der Waals surface area contributed by atoms with Gasteiger partial charge in [-0.2, -0.15) is 0 Å². The van der Waals surface area contributed by atoms with E-state index < -0.39 is 0 Å². The van der Waals surface area contributed by atoms with Crippen molar-refractivity contribution in [2.45, 2.75) is 26.7 Å². The average molecular weight is 379 g/mol. The third-order valence-electron chi connectivity index (χ3n) is 5.59. The molecule has 0 saturated carbocycles. The molecule has 0 atom stereocenters. The maximum absolute atomic E-state index is 12.6. The van der Waals surface area contributed by atoms with E-state index in [2.05, 4.69) is 11.9 Å². The molecule has 4 heteroatoms. The third-order valence-corrected chi connectivity index (χ3v) is 5.59. The number of likely N-dealkylation sites (tertiary alicyclic amines) is 1. The Morgan fingerprint density at radius 1 is 0.964 bits per heavy atom. The summed E-state index contributed by atoms with van der Waals surface area (Å²) in [5.41, 5.74) is 5.09. The zero-order chi connectivity index (χ0) is 20.1. The molecule has 28 heavy (non-hydrogen) atoms. The lowest BCUT2D eigenvalue weighted by Crippen LogP contribution is -2.30. The van der Waals surface area contributed by atoms with Crippen molar-refractivity contribution in [2.24, 2.45) is 0 Å². The highest BCUT2D eigenvalue weighted by atomic mass is 16.3. The van der Waals surface area contributed by atoms with E-state index in [1.807, 2.05) is 61.2 Å². The minimum absolute atomic E-state index is 0.0626. The second-order valence-electron chi connectivity index (χ2n) is 7.35. The summed E-state index contributed by atoms with van der Waals surface area (Å²) in [6, 6.07) is 15.4. The predicted molar refractivity (Wildman–Crippen MR) is 115 cm³/mol. The van der Waals surface area contributed by atoms with E-state index in [-0.39, 0.29) is 5.91 Å². The van der Waals surface area contributed by atoms with E-state index in [0.29, 0.717) is 24.4 Å². The van der Waals surface area contributed by atoms with Crippen molar-refractivity contribution in [1.29, 1.82) is 0 Å². The highest BCUT2D eigenvalue weighted by Gasteiger charge is 2.20. The molecule has 1 aliphatic heterocycles. The van der Waals surface area contributed by atoms with Gasteiger partial charge in [-0.25, -0.2) is 0 Å². The number of para-hydroxylation sites is 1. The van der Waals surface area contributed by atoms with Crippen LogP contribution in [0.15, 0.2) is 54.1 Å². The van der Waals surface area contributed by atoms with Gasteiger partial charge in [0.15, 0.2) is 0 Å². The SMILES string of the molecule is CCN(CC)C(=O)c1ccc(C(=C2CCN(C)CC2)c2ccccc2O)cc1. The molecule has 1 saturated heterocycles. The average Bonchev–Trinajstić information content (AvgIpc) is 2.72. The van der Waals surface area contributed by atoms with Crippen LogP contribution in [-0.4, -0.2) is 54.0 Å². The number of piperidine rings is 1. The van der Waals surface area contributed by atoms with Gasteiger partial charge in [0.2, 0.25) is 0 Å². The van der Waals surface area contributed by atoms with Gasteiger partial charge in [0, 0.05) is 37.3 Å². The van der Waals surface area contributed by atoms with Crippen molar-refractivity contribution < 1.29 is 9.90 Å². The first-order chi connectivity index (χ1) is 13.5. The molecular formula is C24H30N2O2. The number of hydrogen-bond donors (Lipinski definition) is 1. The van der Waals surface area contributed by atoms with Crippen LogP contribution in [0.25, 0.3) is 5.57 Å². The summed E-state index contributed by atoms with van der Waals surface area (Å²) < 4.78 is 0. The van der Waals surface area contributed by atoms with E-state index in [4.69, 9.17) is 0 Å². The first-order valence-electron chi connectivity index (χ1n) is 10.1. The molecule has 1 fully saturated rings. The number of carbonyl (C=O) groups is 1. The molecule has 1 N–H and O–H groups in total. The van der Waals surface area contributed by atoms with Crippen LogP contribution >= 0.6 is 0 Å². The molecule has 1 heterocycles. The van der Waals surface area contributed by atoms with Crippen LogP contribution in [0.4, 0.5) is 0 Å². The molecule has 148 valence electrons. The smallest absolute Gasteiger partial charge is 0.253 e. The van der Waals surface area contributed by atoms with E-state index in [0.717, 1.165) is 42.6 Å². The fourth-order valence-electron chi connectivity index (χ4n) is 3.85. The lowest BCUT2D eigenvalue weighted by molar-refractivity contribution is 0.0773. The van der Waals surface area contributed by atoms with E-state index in [1.165, 1.54) is 5.57 Å². The number of carbonyl (C=O) groups excluding carboxylic acids is 1. The van der Waals surface area contributed by atoms with Crippen molar-refractivity contribution in [2.75, 3.05) is 33.2 Å². The van der Waals surface area contributed by atoms with Crippen molar-refractivity contribution in [3.05, 3.63) is 70.8 Å². The van der Waals surface area contributed by atoms with Crippen molar-refractivity contribution in [1.82, 2.24) is 9.80 Å². The Balaban J connectivity index is 2.01. The lowest BCUT2D eigenvalue weighted by atomic mass is 9.87. The lowest BCUT2D eigenvalue weighted by Gasteiger charge is -2.27. The molecule has 0 aliphatic carbocycles. The maximum atomic E-state index is 12.6. The molecule has 3 rings (SSSR count). The van der Waals surface area contributed by atoms with Gasteiger partial charge in [-0.3, -0.25) is 4.79 Å². The summed E-state index contributed by atoms with van der Waals surface area (Å²) in [4.78, 5) is 16.8. The van der Waals surface area contributed by atoms with Crippen molar-refractivity contribution in [3.63, 3.8) is 0 Å². The molecular weight excluding hydrogens is 348 g/mol. The molecule has 1 aliphatic rings. The molecule has 2 aromatic carbocycles. The summed E-state index contributed by atoms with van der Waals surface area (Å²) >= 11 is 0. The zero-order valence-corrected chi connectivity index (χ0v) is 17.1. The minimum Gasteiger partial charge on any atom is -0.507 e. The first-order valence-corrected chi connectivity index (χ1v) is 10.1. The van der Waals surface area contributed by atoms with E-state index >= 15 is 0 Å². The summed E-state index contributed by atoms with van der Waals surface area (Å²) in [5, 5.41) is 10.5. The standard InChI is InChI=1S/C24H30N2O2/c1-4-26(5-2)24(28)20-12-10-18(11-13-20)23(19-14-16-25(3)17-15-19)21-8-6-7-9-22(21)27/h6-13,27H,4-5,14-17H2,1-3H3. The first kappa shape index (κ1) is 20.2. The van der Waals surface area contributed by atoms with E-state index in [1.54, 1.807) is 6.07 Å². The molecule has 0 unspecified atom stereocenters. The van der Waals surface area contributed by atoms with Gasteiger partial charge in [-0.1, -0.05) is 35.9 Å². The predicted octanol–water partition coefficient (Wildman–Crippen LogP) is 4.40. The van der Waals surface area contributed by atoms with Crippen molar-refractivity contribution >= 4 is 11.5 Å². The fourth-order valence-corrected chi connectivity index (χ4v) is 3.85. The summed E-state index contributed by atoms with van der Waals surface area (Å²) in [6.45, 7) is 7.44. The summed E-state index contributed by atoms with van der Waals surface area (Å²) in [7, 11) is 2.14. The van der Waals surface area contributed by atoms with Crippen LogP contribution in [-0.2, 0) is 0 Å². The van der Waals surface area contributed by atoms with Gasteiger partial charge in [0.1, 0.15) is 5.75 Å². The Hall–Kier alpha value is -2.59. The Morgan fingerprint density at radius 2 is 1.54 bits per heavy atom. The molecule has 4 nitrogen and oxygen atoms in total. The number of rotatable bonds is 5. The number of amides is 1. The number of nitrogens with zero attached hydrogens (tertiary/aromatic N) is 2. The fraction of sp³-hybridized carbons (Fsp3) is 0.375. The number of phenolic OH excluding ortho intramolecular Hbond substituents is 1. The second kappa shape index (κ2) is 9.07. The van der Waals surface area contributed by atoms with Gasteiger partial charge in [-0.05, 0) is 63.1 Å². The van der Waals surface area contributed by atoms with Crippen LogP contribution in [0.2, 0.25) is 0 Å². The highest BCUT2D eigenvalue weighted by Crippen LogP contribution is 2.36. The Labute approximate surface area is 168 Å². The normalized spacial score (nSPS) is 14.8. The van der Waals surface area contributed by atoms with Crippen LogP contribution in [0.5, 0.6) is 5.75 Å². The minimum atomic E-state index is 0.0626. The molecule has 2 aromatic rings. The zero-order valence-electron chi connectivity index (χ0n) is 17.1. The number of phenols is 1. The number of hydrogen-bond acceptors (Lipinski definition) is 3. The highest BCUT2D eigenvalue weighted by molar-refractivity contribution is 5.95. The Morgan fingerprint density at radius 3 is 2.11 bits per heavy atom. The largest absolute Gasteiger partial charge is 0.507 e. The molecule has 1 amide bonds. The van der Waals surface area contributed by atoms with Gasteiger partial charge in [0.25, 0.3) is 5.91 Å². The van der Waals surface area contributed by atoms with Gasteiger partial charge in [-0.15, -0.1) is 0 Å². The second-order valence-corrected chi connectivity index (χ2v) is 7.35. The monoisotopic (exact) mass is 378 g/mol. The van der Waals surface area contributed by atoms with Gasteiger partial charge >= 0.3 is 0 Å². The van der Waals surface area contributed by atoms with Gasteiger partial charge in [0.05, 0.1) is 0 Å². The van der Waals surface area contributed by atoms with Crippen LogP contribution in [0, 0.1) is 0 Å². The van der Waals surface area contributed by atoms with Crippen molar-refractivity contribution in [3.8, 4) is 5.75 Å². The topological polar surface area (TPSA) is 43.8 Å². The summed E-state index contributed by atoms with van der Waals surface area (Å²) in [5.74, 6) is 0.361. The Kier molecular flexibility index (Phi) is 6.53. The Bertz CT molecular complexity index is 841. The van der Waals surface area contributed by atoms with Gasteiger partial charge < -0.3 is 14.9 Å². The molecule has 0 aromatic heterocycles. The van der Waals surface area contributed by atoms with Crippen LogP contribution in [0.3, 0.4) is 0 Å². The van der Waals surface area contributed by atoms with Crippen LogP contribution < -0.4 is 0 Å². The van der Waals surface area contributed by atoms with E-state index in [9.17, 15) is 9.90 Å². The van der Waals surface area contributed by atoms with Crippen LogP contribution in [0.1, 0.15) is 48.2 Å². The number of benzene rings is 2. The quantitative estimate of drug-likeness (QED) is 0.839. The molecule has 0 radical (unpaired) electrons. The molecule has 0 bridgehead atoms. The maximum Gasteiger partial charge on any atom is 0.253 e. The molecule has 0 spiro atoms.